The maximum Gasteiger partial charge on any atom is 0.305 e. The highest BCUT2D eigenvalue weighted by Crippen LogP contribution is 2.15. The number of hydrogen-bond acceptors (Lipinski definition) is 10. The Hall–Kier alpha value is -1.30. The average molecular weight is 914 g/mol. The van der Waals surface area contributed by atoms with Crippen molar-refractivity contribution in [3.63, 3.8) is 0 Å². The first kappa shape index (κ1) is 62.7. The second kappa shape index (κ2) is 52.7. The van der Waals surface area contributed by atoms with E-state index in [1.54, 1.807) is 0 Å². The van der Waals surface area contributed by atoms with Crippen LogP contribution in [0, 0.1) is 0 Å². The van der Waals surface area contributed by atoms with E-state index >= 15 is 0 Å². The fourth-order valence-corrected chi connectivity index (χ4v) is 7.85. The molecule has 0 saturated carbocycles. The Labute approximate surface area is 396 Å². The molecule has 10 heteroatoms. The Morgan fingerprint density at radius 1 is 0.359 bits per heavy atom. The molecule has 64 heavy (non-hydrogen) atoms. The van der Waals surface area contributed by atoms with Gasteiger partial charge in [-0.25, -0.2) is 0 Å². The quantitative estimate of drug-likeness (QED) is 0.0359. The highest BCUT2D eigenvalue weighted by atomic mass is 16.7. The van der Waals surface area contributed by atoms with Crippen molar-refractivity contribution in [2.75, 3.05) is 65.9 Å². The normalized spacial score (nSPS) is 11.8. The van der Waals surface area contributed by atoms with E-state index in [9.17, 15) is 14.7 Å². The zero-order valence-corrected chi connectivity index (χ0v) is 42.8. The standard InChI is InChI=1S/C54H107NO9/c1-5-9-13-19-33-47-61-53(62-48-34-20-14-10-6-2)39-27-25-37-51(57)59-45-31-23-17-29-41-55(43-44-56)42-30-18-24-32-46-60-52(58)38-26-28-40-54(63-49-35-21-15-11-7-3)64-50-36-22-16-12-8-4/h53-54,56H,5-50H2,1-4H3. The van der Waals surface area contributed by atoms with Gasteiger partial charge in [-0.3, -0.25) is 9.59 Å². The lowest BCUT2D eigenvalue weighted by molar-refractivity contribution is -0.149. The third-order valence-corrected chi connectivity index (χ3v) is 12.0. The minimum Gasteiger partial charge on any atom is -0.466 e. The summed E-state index contributed by atoms with van der Waals surface area (Å²) in [5.74, 6) is -0.202. The molecule has 1 N–H and O–H groups in total. The second-order valence-corrected chi connectivity index (χ2v) is 18.3. The fraction of sp³-hybridized carbons (Fsp3) is 0.963. The van der Waals surface area contributed by atoms with Crippen molar-refractivity contribution in [1.29, 1.82) is 0 Å². The zero-order valence-electron chi connectivity index (χ0n) is 42.8. The van der Waals surface area contributed by atoms with Gasteiger partial charge < -0.3 is 38.4 Å². The Bertz CT molecular complexity index is 838. The molecule has 10 nitrogen and oxygen atoms in total. The molecule has 0 rings (SSSR count). The van der Waals surface area contributed by atoms with Crippen molar-refractivity contribution in [2.24, 2.45) is 0 Å². The summed E-state index contributed by atoms with van der Waals surface area (Å²) in [5.41, 5.74) is 0. The highest BCUT2D eigenvalue weighted by Gasteiger charge is 2.13. The van der Waals surface area contributed by atoms with E-state index < -0.39 is 0 Å². The summed E-state index contributed by atoms with van der Waals surface area (Å²) >= 11 is 0. The Kier molecular flexibility index (Phi) is 51.6. The molecule has 0 fully saturated rings. The smallest absolute Gasteiger partial charge is 0.305 e. The first-order valence-corrected chi connectivity index (χ1v) is 27.6. The van der Waals surface area contributed by atoms with E-state index in [2.05, 4.69) is 32.6 Å². The summed E-state index contributed by atoms with van der Waals surface area (Å²) in [7, 11) is 0. The third kappa shape index (κ3) is 47.2. The summed E-state index contributed by atoms with van der Waals surface area (Å²) in [4.78, 5) is 27.1. The predicted octanol–water partition coefficient (Wildman–Crippen LogP) is 14.2. The van der Waals surface area contributed by atoms with Gasteiger partial charge in [0.05, 0.1) is 19.8 Å². The summed E-state index contributed by atoms with van der Waals surface area (Å²) in [6, 6.07) is 0. The molecule has 0 aromatic rings. The van der Waals surface area contributed by atoms with Crippen LogP contribution in [-0.2, 0) is 38.0 Å². The Balaban J connectivity index is 4.03. The van der Waals surface area contributed by atoms with E-state index in [1.165, 1.54) is 103 Å². The molecule has 0 aliphatic heterocycles. The first-order valence-electron chi connectivity index (χ1n) is 27.6. The number of ether oxygens (including phenoxy) is 6. The topological polar surface area (TPSA) is 113 Å². The fourth-order valence-electron chi connectivity index (χ4n) is 7.85. The molecule has 0 heterocycles. The molecule has 0 aliphatic rings. The van der Waals surface area contributed by atoms with Crippen molar-refractivity contribution >= 4 is 11.9 Å². The Morgan fingerprint density at radius 3 is 0.969 bits per heavy atom. The lowest BCUT2D eigenvalue weighted by atomic mass is 10.1. The highest BCUT2D eigenvalue weighted by molar-refractivity contribution is 5.69. The van der Waals surface area contributed by atoms with E-state index in [1.807, 2.05) is 0 Å². The molecule has 0 bridgehead atoms. The van der Waals surface area contributed by atoms with Crippen LogP contribution in [0.4, 0.5) is 0 Å². The molecule has 0 atom stereocenters. The molecule has 0 aromatic carbocycles. The van der Waals surface area contributed by atoms with E-state index in [0.29, 0.717) is 32.6 Å². The first-order chi connectivity index (χ1) is 31.5. The van der Waals surface area contributed by atoms with Gasteiger partial charge in [0.1, 0.15) is 0 Å². The lowest BCUT2D eigenvalue weighted by Gasteiger charge is -2.21. The maximum atomic E-state index is 12.4. The number of hydrogen-bond donors (Lipinski definition) is 1. The van der Waals surface area contributed by atoms with Crippen LogP contribution in [-0.4, -0.2) is 100 Å². The van der Waals surface area contributed by atoms with Gasteiger partial charge in [0.25, 0.3) is 0 Å². The van der Waals surface area contributed by atoms with Gasteiger partial charge in [-0.15, -0.1) is 0 Å². The zero-order chi connectivity index (χ0) is 46.7. The molecule has 0 aliphatic carbocycles. The number of aliphatic hydroxyl groups excluding tert-OH is 1. The third-order valence-electron chi connectivity index (χ3n) is 12.0. The minimum atomic E-state index is -0.166. The van der Waals surface area contributed by atoms with Gasteiger partial charge in [-0.1, -0.05) is 156 Å². The minimum absolute atomic E-state index is 0.101. The van der Waals surface area contributed by atoms with Crippen molar-refractivity contribution in [3.05, 3.63) is 0 Å². The van der Waals surface area contributed by atoms with Crippen LogP contribution in [0.15, 0.2) is 0 Å². The van der Waals surface area contributed by atoms with E-state index in [0.717, 1.165) is 155 Å². The molecule has 0 saturated heterocycles. The SMILES string of the molecule is CCCCCCCOC(CCCCC(=O)OCCCCCCN(CCO)CCCCCCOC(=O)CCCCC(OCCCCCCC)OCCCCCCC)OCCCCCCC. The van der Waals surface area contributed by atoms with E-state index in [4.69, 9.17) is 28.4 Å². The molecular weight excluding hydrogens is 807 g/mol. The Morgan fingerprint density at radius 2 is 0.656 bits per heavy atom. The van der Waals surface area contributed by atoms with Gasteiger partial charge >= 0.3 is 11.9 Å². The van der Waals surface area contributed by atoms with Gasteiger partial charge in [-0.05, 0) is 103 Å². The predicted molar refractivity (Wildman–Crippen MR) is 266 cm³/mol. The molecular formula is C54H107NO9. The number of unbranched alkanes of at least 4 members (excludes halogenated alkanes) is 24. The van der Waals surface area contributed by atoms with Crippen LogP contribution >= 0.6 is 0 Å². The van der Waals surface area contributed by atoms with Crippen LogP contribution in [0.3, 0.4) is 0 Å². The molecule has 0 aromatic heterocycles. The number of carbonyl (C=O) groups excluding carboxylic acids is 2. The average Bonchev–Trinajstić information content (AvgIpc) is 3.29. The van der Waals surface area contributed by atoms with Crippen LogP contribution in [0.25, 0.3) is 0 Å². The summed E-state index contributed by atoms with van der Waals surface area (Å²) in [5, 5.41) is 9.60. The maximum absolute atomic E-state index is 12.4. The summed E-state index contributed by atoms with van der Waals surface area (Å²) in [6.45, 7) is 15.8. The number of aliphatic hydroxyl groups is 1. The van der Waals surface area contributed by atoms with Crippen molar-refractivity contribution < 1.29 is 43.1 Å². The molecule has 0 spiro atoms. The van der Waals surface area contributed by atoms with Crippen molar-refractivity contribution in [1.82, 2.24) is 4.90 Å². The van der Waals surface area contributed by atoms with Crippen LogP contribution < -0.4 is 0 Å². The number of carbonyl (C=O) groups is 2. The second-order valence-electron chi connectivity index (χ2n) is 18.3. The van der Waals surface area contributed by atoms with Gasteiger partial charge in [0.2, 0.25) is 0 Å². The van der Waals surface area contributed by atoms with Crippen LogP contribution in [0.5, 0.6) is 0 Å². The number of esters is 2. The lowest BCUT2D eigenvalue weighted by Crippen LogP contribution is -2.29. The molecule has 0 unspecified atom stereocenters. The molecule has 0 radical (unpaired) electrons. The molecule has 382 valence electrons. The monoisotopic (exact) mass is 914 g/mol. The van der Waals surface area contributed by atoms with Crippen LogP contribution in [0.1, 0.15) is 259 Å². The largest absolute Gasteiger partial charge is 0.466 e. The van der Waals surface area contributed by atoms with E-state index in [-0.39, 0.29) is 31.1 Å². The number of rotatable bonds is 54. The van der Waals surface area contributed by atoms with Gasteiger partial charge in [0, 0.05) is 45.8 Å². The summed E-state index contributed by atoms with van der Waals surface area (Å²) < 4.78 is 35.5. The van der Waals surface area contributed by atoms with Crippen LogP contribution in [0.2, 0.25) is 0 Å². The van der Waals surface area contributed by atoms with Gasteiger partial charge in [-0.2, -0.15) is 0 Å². The summed E-state index contributed by atoms with van der Waals surface area (Å²) in [6.07, 6.45) is 38.2. The molecule has 0 amide bonds. The number of nitrogens with zero attached hydrogens (tertiary/aromatic N) is 1. The van der Waals surface area contributed by atoms with Crippen molar-refractivity contribution in [2.45, 2.75) is 271 Å². The van der Waals surface area contributed by atoms with Gasteiger partial charge in [0.15, 0.2) is 12.6 Å². The van der Waals surface area contributed by atoms with Crippen molar-refractivity contribution in [3.8, 4) is 0 Å².